The molecule has 0 fully saturated rings. The number of halogens is 6. The van der Waals surface area contributed by atoms with Crippen molar-refractivity contribution in [3.05, 3.63) is 96.1 Å². The molecule has 0 saturated heterocycles. The topological polar surface area (TPSA) is 25.8 Å². The second-order valence-corrected chi connectivity index (χ2v) is 11.9. The normalized spacial score (nSPS) is 12.4. The quantitative estimate of drug-likeness (QED) is 0.143. The third-order valence-corrected chi connectivity index (χ3v) is 9.60. The summed E-state index contributed by atoms with van der Waals surface area (Å²) in [5.41, 5.74) is 3.39. The third-order valence-electron chi connectivity index (χ3n) is 6.15. The van der Waals surface area contributed by atoms with E-state index in [2.05, 4.69) is 7.96 Å². The molecule has 0 N–H and O–H groups in total. The van der Waals surface area contributed by atoms with E-state index in [0.717, 1.165) is 65.9 Å². The van der Waals surface area contributed by atoms with Gasteiger partial charge in [0.05, 0.1) is 0 Å². The zero-order valence-corrected chi connectivity index (χ0v) is 22.8. The van der Waals surface area contributed by atoms with Gasteiger partial charge >= 0.3 is 233 Å². The zero-order chi connectivity index (χ0) is 27.4. The van der Waals surface area contributed by atoms with Gasteiger partial charge in [-0.15, -0.1) is 0 Å². The summed E-state index contributed by atoms with van der Waals surface area (Å²) in [6.07, 6.45) is -8.76. The van der Waals surface area contributed by atoms with E-state index in [-0.39, 0.29) is 15.0 Å². The fourth-order valence-electron chi connectivity index (χ4n) is 4.19. The van der Waals surface area contributed by atoms with Crippen LogP contribution < -0.4 is 0 Å². The van der Waals surface area contributed by atoms with E-state index in [9.17, 15) is 26.3 Å². The van der Waals surface area contributed by atoms with Crippen LogP contribution in [0.3, 0.4) is 0 Å². The first kappa shape index (κ1) is 26.0. The fourth-order valence-corrected chi connectivity index (χ4v) is 7.47. The van der Waals surface area contributed by atoms with E-state index in [4.69, 9.17) is 0 Å². The predicted molar refractivity (Wildman–Crippen MR) is 144 cm³/mol. The molecule has 3 aromatic heterocycles. The molecule has 11 heteroatoms. The van der Waals surface area contributed by atoms with Crippen LogP contribution in [0.15, 0.2) is 84.9 Å². The number of alkyl halides is 6. The molecule has 0 aliphatic rings. The SMILES string of the molecule is FC(F)(F)c1ccc(-c2ccc(-c3ccc(-c4ccc(-c5ccc(C(F)(F)F)cc5)s4)c4n[se]nc34)s2)cc1. The zero-order valence-electron chi connectivity index (χ0n) is 19.5. The van der Waals surface area contributed by atoms with Gasteiger partial charge in [-0.1, -0.05) is 0 Å². The van der Waals surface area contributed by atoms with Crippen LogP contribution in [-0.4, -0.2) is 22.9 Å². The summed E-state index contributed by atoms with van der Waals surface area (Å²) in [6, 6.07) is 21.8. The average Bonchev–Trinajstić information content (AvgIpc) is 3.68. The molecule has 0 aliphatic carbocycles. The minimum atomic E-state index is -4.38. The van der Waals surface area contributed by atoms with Crippen LogP contribution in [0.4, 0.5) is 26.3 Å². The van der Waals surface area contributed by atoms with E-state index in [1.165, 1.54) is 46.9 Å². The Balaban J connectivity index is 1.31. The van der Waals surface area contributed by atoms with E-state index in [0.29, 0.717) is 11.1 Å². The summed E-state index contributed by atoms with van der Waals surface area (Å²) in [7, 11) is 0. The van der Waals surface area contributed by atoms with E-state index in [1.54, 1.807) is 0 Å². The van der Waals surface area contributed by atoms with Crippen molar-refractivity contribution < 1.29 is 26.3 Å². The number of fused-ring (bicyclic) bond motifs is 1. The molecule has 3 aromatic carbocycles. The Bertz CT molecular complexity index is 1650. The van der Waals surface area contributed by atoms with E-state index >= 15 is 0 Å². The monoisotopic (exact) mass is 636 g/mol. The van der Waals surface area contributed by atoms with Crippen molar-refractivity contribution in [3.63, 3.8) is 0 Å². The summed E-state index contributed by atoms with van der Waals surface area (Å²) in [5.74, 6) is 0. The van der Waals surface area contributed by atoms with Gasteiger partial charge in [0.2, 0.25) is 0 Å². The molecule has 0 bridgehead atoms. The standard InChI is InChI=1S/C28H14F6N2S2Se/c29-27(30,31)17-5-1-15(2-6-17)21-11-13-23(37-21)19-9-10-20(26-25(19)35-39-36-26)24-14-12-22(38-24)16-3-7-18(8-4-16)28(32,33)34/h1-14H. The molecule has 0 amide bonds. The Hall–Kier alpha value is -3.24. The Morgan fingerprint density at radius 1 is 0.462 bits per heavy atom. The second-order valence-electron chi connectivity index (χ2n) is 8.60. The molecule has 0 saturated carbocycles. The number of hydrogen-bond acceptors (Lipinski definition) is 4. The van der Waals surface area contributed by atoms with Crippen LogP contribution in [0.1, 0.15) is 11.1 Å². The fraction of sp³-hybridized carbons (Fsp3) is 0.0714. The minimum absolute atomic E-state index is 0.311. The Kier molecular flexibility index (Phi) is 6.50. The van der Waals surface area contributed by atoms with Gasteiger partial charge in [0.25, 0.3) is 0 Å². The van der Waals surface area contributed by atoms with Gasteiger partial charge in [-0.05, 0) is 0 Å². The van der Waals surface area contributed by atoms with Crippen LogP contribution in [0.2, 0.25) is 0 Å². The van der Waals surface area contributed by atoms with Crippen LogP contribution in [0, 0.1) is 0 Å². The second kappa shape index (κ2) is 9.74. The van der Waals surface area contributed by atoms with E-state index < -0.39 is 23.5 Å². The van der Waals surface area contributed by atoms with Gasteiger partial charge < -0.3 is 0 Å². The van der Waals surface area contributed by atoms with Crippen molar-refractivity contribution in [1.82, 2.24) is 7.96 Å². The predicted octanol–water partition coefficient (Wildman–Crippen LogP) is 9.52. The molecule has 0 radical (unpaired) electrons. The summed E-state index contributed by atoms with van der Waals surface area (Å²) < 4.78 is 86.8. The molecule has 2 nitrogen and oxygen atoms in total. The molecular weight excluding hydrogens is 621 g/mol. The molecule has 3 heterocycles. The number of thiophene rings is 2. The Morgan fingerprint density at radius 3 is 1.18 bits per heavy atom. The number of aromatic nitrogens is 2. The van der Waals surface area contributed by atoms with Crippen LogP contribution in [0.5, 0.6) is 0 Å². The summed E-state index contributed by atoms with van der Waals surface area (Å²) >= 11 is 2.63. The van der Waals surface area contributed by atoms with Crippen molar-refractivity contribution in [3.8, 4) is 41.8 Å². The van der Waals surface area contributed by atoms with Crippen molar-refractivity contribution in [2.45, 2.75) is 12.4 Å². The number of rotatable bonds is 4. The van der Waals surface area contributed by atoms with Crippen LogP contribution in [0.25, 0.3) is 52.8 Å². The molecule has 6 aromatic rings. The molecule has 0 atom stereocenters. The van der Waals surface area contributed by atoms with Gasteiger partial charge in [0.1, 0.15) is 0 Å². The average molecular weight is 636 g/mol. The van der Waals surface area contributed by atoms with Crippen molar-refractivity contribution in [1.29, 1.82) is 0 Å². The van der Waals surface area contributed by atoms with Crippen molar-refractivity contribution >= 4 is 48.7 Å². The first-order chi connectivity index (χ1) is 18.6. The van der Waals surface area contributed by atoms with Crippen molar-refractivity contribution in [2.24, 2.45) is 0 Å². The summed E-state index contributed by atoms with van der Waals surface area (Å²) in [5, 5.41) is 0. The third kappa shape index (κ3) is 5.07. The van der Waals surface area contributed by atoms with Gasteiger partial charge in [-0.3, -0.25) is 0 Å². The maximum absolute atomic E-state index is 12.9. The molecule has 0 spiro atoms. The van der Waals surface area contributed by atoms with Gasteiger partial charge in [0.15, 0.2) is 0 Å². The molecule has 6 rings (SSSR count). The molecule has 0 aliphatic heterocycles. The number of hydrogen-bond donors (Lipinski definition) is 0. The van der Waals surface area contributed by atoms with Crippen LogP contribution >= 0.6 is 22.7 Å². The van der Waals surface area contributed by atoms with Crippen LogP contribution in [-0.2, 0) is 12.4 Å². The summed E-state index contributed by atoms with van der Waals surface area (Å²) in [6.45, 7) is 0. The Morgan fingerprint density at radius 2 is 0.821 bits per heavy atom. The molecule has 196 valence electrons. The molecular formula is C28H14F6N2S2Se. The molecule has 39 heavy (non-hydrogen) atoms. The number of nitrogens with zero attached hydrogens (tertiary/aromatic N) is 2. The van der Waals surface area contributed by atoms with Gasteiger partial charge in [0, 0.05) is 0 Å². The van der Waals surface area contributed by atoms with Gasteiger partial charge in [-0.25, -0.2) is 0 Å². The Labute approximate surface area is 232 Å². The van der Waals surface area contributed by atoms with E-state index in [1.807, 2.05) is 36.4 Å². The first-order valence-electron chi connectivity index (χ1n) is 11.4. The maximum atomic E-state index is 12.9. The van der Waals surface area contributed by atoms with Gasteiger partial charge in [-0.2, -0.15) is 0 Å². The first-order valence-corrected chi connectivity index (χ1v) is 14.6. The summed E-state index contributed by atoms with van der Waals surface area (Å²) in [4.78, 5) is 3.55. The number of benzene rings is 3. The molecule has 0 unspecified atom stereocenters. The van der Waals surface area contributed by atoms with Crippen molar-refractivity contribution in [2.75, 3.05) is 0 Å².